The average Bonchev–Trinajstić information content (AvgIpc) is 2.24. The molecule has 0 aromatic carbocycles. The molecule has 0 heterocycles. The smallest absolute Gasteiger partial charge is 0.209 e. The molecule has 0 aromatic rings. The maximum atomic E-state index is 10.6. The van der Waals surface area contributed by atoms with E-state index in [0.29, 0.717) is 6.42 Å². The van der Waals surface area contributed by atoms with Gasteiger partial charge in [-0.05, 0) is 19.3 Å². The average molecular weight is 265 g/mol. The van der Waals surface area contributed by atoms with Crippen LogP contribution in [0, 0.1) is 0 Å². The molecule has 0 spiro atoms. The molecule has 0 atom stereocenters. The van der Waals surface area contributed by atoms with Gasteiger partial charge >= 0.3 is 0 Å². The number of primary sulfonamides is 1. The molecular weight excluding hydrogens is 238 g/mol. The molecule has 0 bridgehead atoms. The summed E-state index contributed by atoms with van der Waals surface area (Å²) in [6, 6.07) is 0. The number of hydrogen-bond donors (Lipinski definition) is 1. The minimum atomic E-state index is -3.28. The van der Waals surface area contributed by atoms with Gasteiger partial charge in [-0.3, -0.25) is 0 Å². The molecular formula is C12H27NO3S. The van der Waals surface area contributed by atoms with Gasteiger partial charge in [-0.1, -0.05) is 39.0 Å². The molecule has 5 heteroatoms. The Kier molecular flexibility index (Phi) is 10.9. The van der Waals surface area contributed by atoms with E-state index in [2.05, 4.69) is 6.92 Å². The zero-order chi connectivity index (χ0) is 13.0. The zero-order valence-electron chi connectivity index (χ0n) is 11.0. The van der Waals surface area contributed by atoms with Gasteiger partial charge < -0.3 is 4.74 Å². The Balaban J connectivity index is 3.04. The van der Waals surface area contributed by atoms with Gasteiger partial charge in [-0.2, -0.15) is 0 Å². The van der Waals surface area contributed by atoms with Gasteiger partial charge in [0.2, 0.25) is 10.0 Å². The molecule has 0 radical (unpaired) electrons. The van der Waals surface area contributed by atoms with E-state index >= 15 is 0 Å². The quantitative estimate of drug-likeness (QED) is 0.551. The van der Waals surface area contributed by atoms with Crippen molar-refractivity contribution in [1.82, 2.24) is 0 Å². The van der Waals surface area contributed by atoms with Crippen LogP contribution in [0.1, 0.15) is 58.3 Å². The van der Waals surface area contributed by atoms with Crippen molar-refractivity contribution in [3.05, 3.63) is 0 Å². The number of unbranched alkanes of at least 4 members (excludes halogenated alkanes) is 6. The second-order valence-corrected chi connectivity index (χ2v) is 6.19. The van der Waals surface area contributed by atoms with Gasteiger partial charge in [0, 0.05) is 13.2 Å². The highest BCUT2D eigenvalue weighted by molar-refractivity contribution is 7.89. The first-order valence-corrected chi connectivity index (χ1v) is 8.36. The molecule has 104 valence electrons. The largest absolute Gasteiger partial charge is 0.381 e. The van der Waals surface area contributed by atoms with Gasteiger partial charge in [0.15, 0.2) is 0 Å². The number of sulfonamides is 1. The van der Waals surface area contributed by atoms with Crippen LogP contribution in [0.15, 0.2) is 0 Å². The van der Waals surface area contributed by atoms with Crippen LogP contribution in [-0.4, -0.2) is 27.4 Å². The molecule has 2 N–H and O–H groups in total. The van der Waals surface area contributed by atoms with Gasteiger partial charge in [-0.25, -0.2) is 13.6 Å². The fourth-order valence-corrected chi connectivity index (χ4v) is 2.20. The van der Waals surface area contributed by atoms with Crippen LogP contribution in [0.2, 0.25) is 0 Å². The summed E-state index contributed by atoms with van der Waals surface area (Å²) >= 11 is 0. The Hall–Kier alpha value is -0.130. The lowest BCUT2D eigenvalue weighted by Crippen LogP contribution is -2.16. The maximum Gasteiger partial charge on any atom is 0.209 e. The summed E-state index contributed by atoms with van der Waals surface area (Å²) in [7, 11) is -3.28. The Labute approximate surface area is 106 Å². The molecule has 4 nitrogen and oxygen atoms in total. The molecule has 0 aromatic heterocycles. The van der Waals surface area contributed by atoms with Crippen molar-refractivity contribution in [1.29, 1.82) is 0 Å². The summed E-state index contributed by atoms with van der Waals surface area (Å²) in [4.78, 5) is 0. The van der Waals surface area contributed by atoms with E-state index < -0.39 is 10.0 Å². The molecule has 0 saturated carbocycles. The fraction of sp³-hybridized carbons (Fsp3) is 1.00. The van der Waals surface area contributed by atoms with Crippen LogP contribution >= 0.6 is 0 Å². The third-order valence-corrected chi connectivity index (χ3v) is 3.47. The summed E-state index contributed by atoms with van der Waals surface area (Å²) in [6.45, 7) is 3.77. The van der Waals surface area contributed by atoms with Crippen molar-refractivity contribution in [2.24, 2.45) is 5.14 Å². The van der Waals surface area contributed by atoms with Crippen LogP contribution in [0.3, 0.4) is 0 Å². The van der Waals surface area contributed by atoms with E-state index in [4.69, 9.17) is 9.88 Å². The Bertz CT molecular complexity index is 252. The third kappa shape index (κ3) is 15.9. The number of ether oxygens (including phenoxy) is 1. The van der Waals surface area contributed by atoms with Gasteiger partial charge in [0.1, 0.15) is 0 Å². The predicted octanol–water partition coefficient (Wildman–Crippen LogP) is 2.43. The third-order valence-electron chi connectivity index (χ3n) is 2.61. The maximum absolute atomic E-state index is 10.6. The monoisotopic (exact) mass is 265 g/mol. The number of hydrogen-bond acceptors (Lipinski definition) is 3. The van der Waals surface area contributed by atoms with Crippen molar-refractivity contribution in [2.45, 2.75) is 58.3 Å². The summed E-state index contributed by atoms with van der Waals surface area (Å²) in [5.41, 5.74) is 0. The van der Waals surface area contributed by atoms with E-state index in [0.717, 1.165) is 32.5 Å². The second-order valence-electron chi connectivity index (χ2n) is 4.45. The lowest BCUT2D eigenvalue weighted by Gasteiger charge is -2.04. The summed E-state index contributed by atoms with van der Waals surface area (Å²) in [5, 5.41) is 4.90. The van der Waals surface area contributed by atoms with Crippen LogP contribution in [0.4, 0.5) is 0 Å². The number of nitrogens with two attached hydrogens (primary N) is 1. The first kappa shape index (κ1) is 16.9. The molecule has 0 fully saturated rings. The van der Waals surface area contributed by atoms with Gasteiger partial charge in [-0.15, -0.1) is 0 Å². The van der Waals surface area contributed by atoms with Crippen molar-refractivity contribution >= 4 is 10.0 Å². The van der Waals surface area contributed by atoms with Crippen molar-refractivity contribution < 1.29 is 13.2 Å². The fourth-order valence-electron chi connectivity index (χ4n) is 1.59. The lowest BCUT2D eigenvalue weighted by atomic mass is 10.2. The Morgan fingerprint density at radius 2 is 1.41 bits per heavy atom. The minimum Gasteiger partial charge on any atom is -0.381 e. The summed E-state index contributed by atoms with van der Waals surface area (Å²) in [5.74, 6) is 0.0873. The highest BCUT2D eigenvalue weighted by Crippen LogP contribution is 2.03. The van der Waals surface area contributed by atoms with Gasteiger partial charge in [0.25, 0.3) is 0 Å². The molecule has 0 aliphatic heterocycles. The van der Waals surface area contributed by atoms with Gasteiger partial charge in [0.05, 0.1) is 5.75 Å². The minimum absolute atomic E-state index is 0.0873. The first-order chi connectivity index (χ1) is 8.06. The SMILES string of the molecule is CCCCCCCOCCCCCS(N)(=O)=O. The summed E-state index contributed by atoms with van der Waals surface area (Å²) < 4.78 is 26.7. The van der Waals surface area contributed by atoms with Crippen LogP contribution in [0.5, 0.6) is 0 Å². The zero-order valence-corrected chi connectivity index (χ0v) is 11.8. The molecule has 0 amide bonds. The van der Waals surface area contributed by atoms with Crippen LogP contribution < -0.4 is 5.14 Å². The van der Waals surface area contributed by atoms with E-state index in [9.17, 15) is 8.42 Å². The molecule has 0 rings (SSSR count). The Morgan fingerprint density at radius 3 is 1.94 bits per heavy atom. The standard InChI is InChI=1S/C12H27NO3S/c1-2-3-4-5-7-10-16-11-8-6-9-12-17(13,14)15/h2-12H2,1H3,(H2,13,14,15). The topological polar surface area (TPSA) is 69.4 Å². The van der Waals surface area contributed by atoms with E-state index in [-0.39, 0.29) is 5.75 Å². The van der Waals surface area contributed by atoms with E-state index in [1.54, 1.807) is 0 Å². The molecule has 17 heavy (non-hydrogen) atoms. The predicted molar refractivity (Wildman–Crippen MR) is 71.4 cm³/mol. The first-order valence-electron chi connectivity index (χ1n) is 6.64. The van der Waals surface area contributed by atoms with E-state index in [1.165, 1.54) is 25.7 Å². The molecule has 0 aliphatic rings. The van der Waals surface area contributed by atoms with Crippen molar-refractivity contribution in [3.8, 4) is 0 Å². The number of rotatable bonds is 12. The summed E-state index contributed by atoms with van der Waals surface area (Å²) in [6.07, 6.45) is 8.69. The van der Waals surface area contributed by atoms with Crippen LogP contribution in [-0.2, 0) is 14.8 Å². The molecule has 0 saturated heterocycles. The highest BCUT2D eigenvalue weighted by Gasteiger charge is 2.01. The normalized spacial score (nSPS) is 11.9. The van der Waals surface area contributed by atoms with Crippen LogP contribution in [0.25, 0.3) is 0 Å². The van der Waals surface area contributed by atoms with E-state index in [1.807, 2.05) is 0 Å². The van der Waals surface area contributed by atoms with Crippen molar-refractivity contribution in [2.75, 3.05) is 19.0 Å². The second kappa shape index (κ2) is 11.0. The van der Waals surface area contributed by atoms with Crippen molar-refractivity contribution in [3.63, 3.8) is 0 Å². The highest BCUT2D eigenvalue weighted by atomic mass is 32.2. The Morgan fingerprint density at radius 1 is 0.882 bits per heavy atom. The lowest BCUT2D eigenvalue weighted by molar-refractivity contribution is 0.126. The molecule has 0 aliphatic carbocycles. The molecule has 0 unspecified atom stereocenters.